The van der Waals surface area contributed by atoms with Gasteiger partial charge in [0.1, 0.15) is 11.4 Å². The molecule has 0 heterocycles. The average molecular weight is 326 g/mol. The van der Waals surface area contributed by atoms with Gasteiger partial charge in [0.05, 0.1) is 7.11 Å². The summed E-state index contributed by atoms with van der Waals surface area (Å²) in [6.07, 6.45) is 2.90. The Morgan fingerprint density at radius 1 is 1.22 bits per heavy atom. The Bertz CT molecular complexity index is 599. The zero-order chi connectivity index (χ0) is 17.0. The smallest absolute Gasteiger partial charge is 0.258 e. The van der Waals surface area contributed by atoms with Crippen LogP contribution in [-0.2, 0) is 4.79 Å². The van der Waals surface area contributed by atoms with Gasteiger partial charge in [-0.1, -0.05) is 0 Å². The number of halogens is 2. The summed E-state index contributed by atoms with van der Waals surface area (Å²) in [6.45, 7) is 0.337. The van der Waals surface area contributed by atoms with E-state index in [1.54, 1.807) is 0 Å². The fourth-order valence-corrected chi connectivity index (χ4v) is 2.92. The molecule has 126 valence electrons. The van der Waals surface area contributed by atoms with Crippen molar-refractivity contribution in [2.45, 2.75) is 25.7 Å². The van der Waals surface area contributed by atoms with Crippen LogP contribution in [0.5, 0.6) is 5.75 Å². The van der Waals surface area contributed by atoms with Crippen LogP contribution in [0.4, 0.5) is 8.78 Å². The zero-order valence-electron chi connectivity index (χ0n) is 12.9. The standard InChI is InChI=1S/C16H20F2N2O3/c1-23-14-12(18)7-6-11(17)13(14)16(22)20-8-9-2-4-10(5-3-9)15(19)21/h6-7,9-10H,2-5,8H2,1H3,(H2,19,21)(H,20,22). The van der Waals surface area contributed by atoms with Crippen molar-refractivity contribution in [1.82, 2.24) is 5.32 Å². The number of methoxy groups -OCH3 is 1. The van der Waals surface area contributed by atoms with Crippen LogP contribution in [0.15, 0.2) is 12.1 Å². The maximum absolute atomic E-state index is 13.8. The molecule has 1 fully saturated rings. The van der Waals surface area contributed by atoms with E-state index in [1.165, 1.54) is 7.11 Å². The van der Waals surface area contributed by atoms with Gasteiger partial charge < -0.3 is 15.8 Å². The van der Waals surface area contributed by atoms with E-state index in [2.05, 4.69) is 5.32 Å². The molecule has 3 N–H and O–H groups in total. The number of ether oxygens (including phenoxy) is 1. The summed E-state index contributed by atoms with van der Waals surface area (Å²) in [5.74, 6) is -2.95. The predicted molar refractivity (Wildman–Crippen MR) is 79.9 cm³/mol. The topological polar surface area (TPSA) is 81.4 Å². The summed E-state index contributed by atoms with van der Waals surface area (Å²) in [5, 5.41) is 2.61. The van der Waals surface area contributed by atoms with Crippen LogP contribution < -0.4 is 15.8 Å². The minimum atomic E-state index is -0.835. The van der Waals surface area contributed by atoms with Gasteiger partial charge in [0.25, 0.3) is 5.91 Å². The average Bonchev–Trinajstić information content (AvgIpc) is 2.54. The number of carbonyl (C=O) groups excluding carboxylic acids is 2. The Morgan fingerprint density at radius 2 is 1.83 bits per heavy atom. The van der Waals surface area contributed by atoms with Gasteiger partial charge in [-0.3, -0.25) is 9.59 Å². The van der Waals surface area contributed by atoms with E-state index in [0.717, 1.165) is 25.0 Å². The van der Waals surface area contributed by atoms with E-state index < -0.39 is 28.9 Å². The molecule has 0 unspecified atom stereocenters. The Hall–Kier alpha value is -2.18. The maximum Gasteiger partial charge on any atom is 0.258 e. The second kappa shape index (κ2) is 7.39. The Morgan fingerprint density at radius 3 is 2.39 bits per heavy atom. The van der Waals surface area contributed by atoms with E-state index in [9.17, 15) is 18.4 Å². The molecule has 2 amide bonds. The highest BCUT2D eigenvalue weighted by Crippen LogP contribution is 2.29. The van der Waals surface area contributed by atoms with Crippen LogP contribution in [0.1, 0.15) is 36.0 Å². The van der Waals surface area contributed by atoms with Gasteiger partial charge in [-0.15, -0.1) is 0 Å². The van der Waals surface area contributed by atoms with Crippen molar-refractivity contribution in [1.29, 1.82) is 0 Å². The number of rotatable bonds is 5. The first-order valence-electron chi connectivity index (χ1n) is 7.53. The number of nitrogens with two attached hydrogens (primary N) is 1. The highest BCUT2D eigenvalue weighted by molar-refractivity contribution is 5.97. The zero-order valence-corrected chi connectivity index (χ0v) is 12.9. The number of hydrogen-bond acceptors (Lipinski definition) is 3. The van der Waals surface area contributed by atoms with E-state index in [0.29, 0.717) is 19.4 Å². The predicted octanol–water partition coefficient (Wildman–Crippen LogP) is 1.99. The number of primary amides is 1. The van der Waals surface area contributed by atoms with Crippen LogP contribution in [-0.4, -0.2) is 25.5 Å². The fraction of sp³-hybridized carbons (Fsp3) is 0.500. The third-order valence-electron chi connectivity index (χ3n) is 4.29. The first-order valence-corrected chi connectivity index (χ1v) is 7.53. The lowest BCUT2D eigenvalue weighted by Gasteiger charge is -2.26. The highest BCUT2D eigenvalue weighted by Gasteiger charge is 2.26. The van der Waals surface area contributed by atoms with Crippen molar-refractivity contribution >= 4 is 11.8 Å². The monoisotopic (exact) mass is 326 g/mol. The van der Waals surface area contributed by atoms with Crippen molar-refractivity contribution in [2.75, 3.05) is 13.7 Å². The van der Waals surface area contributed by atoms with Crippen LogP contribution in [0.25, 0.3) is 0 Å². The normalized spacial score (nSPS) is 20.8. The minimum absolute atomic E-state index is 0.109. The van der Waals surface area contributed by atoms with Gasteiger partial charge in [-0.05, 0) is 43.7 Å². The molecule has 0 aliphatic heterocycles. The molecule has 1 aliphatic carbocycles. The van der Waals surface area contributed by atoms with Crippen LogP contribution in [0, 0.1) is 23.5 Å². The number of hydrogen-bond donors (Lipinski definition) is 2. The highest BCUT2D eigenvalue weighted by atomic mass is 19.1. The largest absolute Gasteiger partial charge is 0.493 e. The third-order valence-corrected chi connectivity index (χ3v) is 4.29. The molecule has 1 aliphatic rings. The molecule has 1 saturated carbocycles. The van der Waals surface area contributed by atoms with Gasteiger partial charge in [-0.25, -0.2) is 8.78 Å². The molecular formula is C16H20F2N2O3. The van der Waals surface area contributed by atoms with Crippen molar-refractivity contribution in [2.24, 2.45) is 17.6 Å². The summed E-state index contributed by atoms with van der Waals surface area (Å²) in [7, 11) is 1.18. The summed E-state index contributed by atoms with van der Waals surface area (Å²) < 4.78 is 32.2. The molecule has 0 radical (unpaired) electrons. The summed E-state index contributed by atoms with van der Waals surface area (Å²) in [5.41, 5.74) is 4.84. The maximum atomic E-state index is 13.8. The SMILES string of the molecule is COc1c(F)ccc(F)c1C(=O)NCC1CCC(C(N)=O)CC1. The minimum Gasteiger partial charge on any atom is -0.493 e. The second-order valence-electron chi connectivity index (χ2n) is 5.77. The molecule has 7 heteroatoms. The number of benzene rings is 1. The van der Waals surface area contributed by atoms with E-state index in [1.807, 2.05) is 0 Å². The first-order chi connectivity index (χ1) is 10.9. The lowest BCUT2D eigenvalue weighted by molar-refractivity contribution is -0.122. The summed E-state index contributed by atoms with van der Waals surface area (Å²) in [4.78, 5) is 23.3. The molecule has 0 saturated heterocycles. The van der Waals surface area contributed by atoms with Crippen LogP contribution in [0.3, 0.4) is 0 Å². The van der Waals surface area contributed by atoms with Crippen molar-refractivity contribution in [3.05, 3.63) is 29.3 Å². The van der Waals surface area contributed by atoms with Crippen molar-refractivity contribution in [3.63, 3.8) is 0 Å². The summed E-state index contributed by atoms with van der Waals surface area (Å²) >= 11 is 0. The fourth-order valence-electron chi connectivity index (χ4n) is 2.92. The van der Waals surface area contributed by atoms with Gasteiger partial charge in [0, 0.05) is 12.5 Å². The molecule has 0 bridgehead atoms. The number of amides is 2. The van der Waals surface area contributed by atoms with Crippen LogP contribution in [0.2, 0.25) is 0 Å². The van der Waals surface area contributed by atoms with Crippen LogP contribution >= 0.6 is 0 Å². The molecule has 0 aromatic heterocycles. The Kier molecular flexibility index (Phi) is 5.52. The van der Waals surface area contributed by atoms with E-state index >= 15 is 0 Å². The molecule has 0 spiro atoms. The van der Waals surface area contributed by atoms with Crippen molar-refractivity contribution in [3.8, 4) is 5.75 Å². The van der Waals surface area contributed by atoms with E-state index in [4.69, 9.17) is 10.5 Å². The lowest BCUT2D eigenvalue weighted by Crippen LogP contribution is -2.34. The van der Waals surface area contributed by atoms with Gasteiger partial charge in [0.2, 0.25) is 5.91 Å². The quantitative estimate of drug-likeness (QED) is 0.868. The van der Waals surface area contributed by atoms with Crippen molar-refractivity contribution < 1.29 is 23.1 Å². The molecule has 1 aromatic carbocycles. The molecule has 5 nitrogen and oxygen atoms in total. The molecule has 0 atom stereocenters. The van der Waals surface area contributed by atoms with E-state index in [-0.39, 0.29) is 17.7 Å². The lowest BCUT2D eigenvalue weighted by atomic mass is 9.81. The Labute approximate surface area is 133 Å². The molecule has 1 aromatic rings. The molecule has 2 rings (SSSR count). The number of carbonyl (C=O) groups is 2. The number of nitrogens with one attached hydrogen (secondary N) is 1. The summed E-state index contributed by atoms with van der Waals surface area (Å²) in [6, 6.07) is 1.81. The van der Waals surface area contributed by atoms with Gasteiger partial charge in [-0.2, -0.15) is 0 Å². The van der Waals surface area contributed by atoms with Gasteiger partial charge in [0.15, 0.2) is 11.6 Å². The second-order valence-corrected chi connectivity index (χ2v) is 5.77. The molecule has 23 heavy (non-hydrogen) atoms. The Balaban J connectivity index is 1.96. The molecular weight excluding hydrogens is 306 g/mol. The van der Waals surface area contributed by atoms with Gasteiger partial charge >= 0.3 is 0 Å². The first kappa shape index (κ1) is 17.2. The third kappa shape index (κ3) is 3.97.